The predicted octanol–water partition coefficient (Wildman–Crippen LogP) is 2.05. The van der Waals surface area contributed by atoms with Crippen LogP contribution in [0.5, 0.6) is 0 Å². The van der Waals surface area contributed by atoms with Gasteiger partial charge in [0.15, 0.2) is 0 Å². The van der Waals surface area contributed by atoms with Gasteiger partial charge in [-0.1, -0.05) is 6.92 Å². The van der Waals surface area contributed by atoms with E-state index in [4.69, 9.17) is 0 Å². The van der Waals surface area contributed by atoms with Gasteiger partial charge < -0.3 is 10.0 Å². The molecule has 1 N–H and O–H groups in total. The van der Waals surface area contributed by atoms with Crippen LogP contribution in [0.1, 0.15) is 33.6 Å². The second-order valence-electron chi connectivity index (χ2n) is 6.08. The number of halogens is 2. The molecule has 0 aliphatic carbocycles. The molecule has 0 aromatic rings. The van der Waals surface area contributed by atoms with Crippen LogP contribution in [-0.2, 0) is 0 Å². The second-order valence-corrected chi connectivity index (χ2v) is 6.08. The topological polar surface area (TPSA) is 26.7 Å². The number of rotatable bonds is 7. The molecule has 0 spiro atoms. The van der Waals surface area contributed by atoms with E-state index in [-0.39, 0.29) is 12.6 Å². The van der Waals surface area contributed by atoms with E-state index < -0.39 is 12.5 Å². The Hall–Kier alpha value is -0.260. The first-order valence-electron chi connectivity index (χ1n) is 7.31. The average Bonchev–Trinajstić information content (AvgIpc) is 2.30. The summed E-state index contributed by atoms with van der Waals surface area (Å²) >= 11 is 0. The summed E-state index contributed by atoms with van der Waals surface area (Å²) in [6.07, 6.45) is -0.560. The monoisotopic (exact) mass is 278 g/mol. The van der Waals surface area contributed by atoms with Crippen molar-refractivity contribution in [2.45, 2.75) is 52.2 Å². The van der Waals surface area contributed by atoms with E-state index >= 15 is 0 Å². The van der Waals surface area contributed by atoms with Crippen molar-refractivity contribution in [2.75, 3.05) is 32.7 Å². The third kappa shape index (κ3) is 6.63. The van der Waals surface area contributed by atoms with Crippen LogP contribution in [0.15, 0.2) is 0 Å². The van der Waals surface area contributed by atoms with E-state index in [1.54, 1.807) is 4.90 Å². The molecule has 1 fully saturated rings. The zero-order chi connectivity index (χ0) is 14.4. The molecule has 0 amide bonds. The van der Waals surface area contributed by atoms with Crippen molar-refractivity contribution in [3.8, 4) is 0 Å². The number of aliphatic hydroxyl groups is 1. The summed E-state index contributed by atoms with van der Waals surface area (Å²) in [6, 6.07) is 0.0324. The van der Waals surface area contributed by atoms with E-state index in [0.29, 0.717) is 13.1 Å². The van der Waals surface area contributed by atoms with Crippen LogP contribution in [-0.4, -0.2) is 66.2 Å². The quantitative estimate of drug-likeness (QED) is 0.772. The highest BCUT2D eigenvalue weighted by Crippen LogP contribution is 2.16. The lowest BCUT2D eigenvalue weighted by Crippen LogP contribution is -2.46. The molecule has 0 radical (unpaired) electrons. The molecule has 1 rings (SSSR count). The molecule has 1 heterocycles. The number of hydrogen-bond donors (Lipinski definition) is 1. The standard InChI is InChI=1S/C14H28F2N2O/c1-11(2)18(10-14(15)16)9-13(19)8-17-6-4-12(3)5-7-17/h11-14,19H,4-10H2,1-3H3. The molecule has 1 atom stereocenters. The Bertz CT molecular complexity index is 244. The molecule has 0 aromatic heterocycles. The third-order valence-corrected chi connectivity index (χ3v) is 3.89. The van der Waals surface area contributed by atoms with Gasteiger partial charge in [0.1, 0.15) is 0 Å². The minimum absolute atomic E-state index is 0.0324. The Morgan fingerprint density at radius 2 is 1.79 bits per heavy atom. The normalized spacial score (nSPS) is 20.7. The van der Waals surface area contributed by atoms with Crippen molar-refractivity contribution in [2.24, 2.45) is 5.92 Å². The molecular formula is C14H28F2N2O. The van der Waals surface area contributed by atoms with E-state index in [9.17, 15) is 13.9 Å². The number of likely N-dealkylation sites (tertiary alicyclic amines) is 1. The number of piperidine rings is 1. The first kappa shape index (κ1) is 16.8. The number of hydrogen-bond acceptors (Lipinski definition) is 3. The SMILES string of the molecule is CC1CCN(CC(O)CN(CC(F)F)C(C)C)CC1. The molecule has 114 valence electrons. The zero-order valence-electron chi connectivity index (χ0n) is 12.4. The number of aliphatic hydroxyl groups excluding tert-OH is 1. The molecule has 0 saturated carbocycles. The van der Waals surface area contributed by atoms with Gasteiger partial charge in [-0.2, -0.15) is 0 Å². The molecule has 0 bridgehead atoms. The summed E-state index contributed by atoms with van der Waals surface area (Å²) < 4.78 is 24.9. The van der Waals surface area contributed by atoms with E-state index in [2.05, 4.69) is 11.8 Å². The van der Waals surface area contributed by atoms with Crippen LogP contribution < -0.4 is 0 Å². The minimum atomic E-state index is -2.34. The summed E-state index contributed by atoms with van der Waals surface area (Å²) in [7, 11) is 0. The summed E-state index contributed by atoms with van der Waals surface area (Å²) in [6.45, 7) is 8.70. The summed E-state index contributed by atoms with van der Waals surface area (Å²) in [5.41, 5.74) is 0. The van der Waals surface area contributed by atoms with E-state index in [1.165, 1.54) is 0 Å². The van der Waals surface area contributed by atoms with Crippen LogP contribution in [0.25, 0.3) is 0 Å². The predicted molar refractivity (Wildman–Crippen MR) is 73.6 cm³/mol. The molecule has 3 nitrogen and oxygen atoms in total. The van der Waals surface area contributed by atoms with Gasteiger partial charge in [-0.05, 0) is 45.7 Å². The molecule has 1 aliphatic heterocycles. The Morgan fingerprint density at radius 3 is 2.26 bits per heavy atom. The van der Waals surface area contributed by atoms with Crippen molar-refractivity contribution < 1.29 is 13.9 Å². The smallest absolute Gasteiger partial charge is 0.251 e. The van der Waals surface area contributed by atoms with Gasteiger partial charge in [-0.15, -0.1) is 0 Å². The summed E-state index contributed by atoms with van der Waals surface area (Å²) in [5.74, 6) is 0.763. The number of β-amino-alcohol motifs (C(OH)–C–C–N with tert-alkyl or cyclic N) is 1. The Labute approximate surface area is 115 Å². The molecule has 1 unspecified atom stereocenters. The van der Waals surface area contributed by atoms with Crippen LogP contribution >= 0.6 is 0 Å². The maximum Gasteiger partial charge on any atom is 0.251 e. The van der Waals surface area contributed by atoms with Crippen molar-refractivity contribution >= 4 is 0 Å². The molecule has 1 saturated heterocycles. The fraction of sp³-hybridized carbons (Fsp3) is 1.00. The maximum absolute atomic E-state index is 12.5. The lowest BCUT2D eigenvalue weighted by atomic mass is 9.99. The number of alkyl halides is 2. The Balaban J connectivity index is 2.33. The molecule has 5 heteroatoms. The number of nitrogens with zero attached hydrogens (tertiary/aromatic N) is 2. The highest BCUT2D eigenvalue weighted by atomic mass is 19.3. The summed E-state index contributed by atoms with van der Waals surface area (Å²) in [5, 5.41) is 10.1. The minimum Gasteiger partial charge on any atom is -0.390 e. The lowest BCUT2D eigenvalue weighted by Gasteiger charge is -2.34. The van der Waals surface area contributed by atoms with Crippen molar-refractivity contribution in [1.29, 1.82) is 0 Å². The Morgan fingerprint density at radius 1 is 1.21 bits per heavy atom. The fourth-order valence-corrected chi connectivity index (χ4v) is 2.54. The molecule has 19 heavy (non-hydrogen) atoms. The average molecular weight is 278 g/mol. The highest BCUT2D eigenvalue weighted by Gasteiger charge is 2.22. The fourth-order valence-electron chi connectivity index (χ4n) is 2.54. The van der Waals surface area contributed by atoms with Crippen LogP contribution in [0.2, 0.25) is 0 Å². The highest BCUT2D eigenvalue weighted by molar-refractivity contribution is 4.75. The van der Waals surface area contributed by atoms with Gasteiger partial charge in [-0.25, -0.2) is 8.78 Å². The lowest BCUT2D eigenvalue weighted by molar-refractivity contribution is 0.0222. The van der Waals surface area contributed by atoms with Crippen molar-refractivity contribution in [3.05, 3.63) is 0 Å². The van der Waals surface area contributed by atoms with Gasteiger partial charge in [0, 0.05) is 19.1 Å². The van der Waals surface area contributed by atoms with Gasteiger partial charge in [-0.3, -0.25) is 4.90 Å². The van der Waals surface area contributed by atoms with Crippen molar-refractivity contribution in [3.63, 3.8) is 0 Å². The second kappa shape index (κ2) is 8.12. The third-order valence-electron chi connectivity index (χ3n) is 3.89. The zero-order valence-corrected chi connectivity index (χ0v) is 12.4. The molecule has 1 aliphatic rings. The van der Waals surface area contributed by atoms with E-state index in [1.807, 2.05) is 13.8 Å². The molecular weight excluding hydrogens is 250 g/mol. The van der Waals surface area contributed by atoms with Gasteiger partial charge in [0.25, 0.3) is 6.43 Å². The summed E-state index contributed by atoms with van der Waals surface area (Å²) in [4.78, 5) is 3.90. The van der Waals surface area contributed by atoms with Crippen LogP contribution in [0.3, 0.4) is 0 Å². The van der Waals surface area contributed by atoms with Gasteiger partial charge >= 0.3 is 0 Å². The van der Waals surface area contributed by atoms with E-state index in [0.717, 1.165) is 31.8 Å². The van der Waals surface area contributed by atoms with Gasteiger partial charge in [0.2, 0.25) is 0 Å². The Kier molecular flexibility index (Phi) is 7.18. The largest absolute Gasteiger partial charge is 0.390 e. The first-order valence-corrected chi connectivity index (χ1v) is 7.31. The van der Waals surface area contributed by atoms with Crippen LogP contribution in [0, 0.1) is 5.92 Å². The molecule has 0 aromatic carbocycles. The van der Waals surface area contributed by atoms with Crippen LogP contribution in [0.4, 0.5) is 8.78 Å². The van der Waals surface area contributed by atoms with Gasteiger partial charge in [0.05, 0.1) is 12.6 Å². The first-order chi connectivity index (χ1) is 8.88. The van der Waals surface area contributed by atoms with Crippen molar-refractivity contribution in [1.82, 2.24) is 9.80 Å². The maximum atomic E-state index is 12.5.